The molecule has 4 rings (SSSR count). The Kier molecular flexibility index (Phi) is 9.75. The van der Waals surface area contributed by atoms with Gasteiger partial charge in [-0.1, -0.05) is 51.3 Å². The van der Waals surface area contributed by atoms with E-state index >= 15 is 0 Å². The Labute approximate surface area is 225 Å². The van der Waals surface area contributed by atoms with Gasteiger partial charge in [-0.05, 0) is 85.5 Å². The van der Waals surface area contributed by atoms with Crippen molar-refractivity contribution in [1.29, 1.82) is 0 Å². The van der Waals surface area contributed by atoms with Crippen LogP contribution in [0.4, 0.5) is 5.69 Å². The molecule has 0 saturated heterocycles. The van der Waals surface area contributed by atoms with Crippen molar-refractivity contribution in [3.05, 3.63) is 82.1 Å². The quantitative estimate of drug-likeness (QED) is 0.271. The van der Waals surface area contributed by atoms with Crippen LogP contribution in [0.25, 0.3) is 0 Å². The van der Waals surface area contributed by atoms with Gasteiger partial charge in [-0.25, -0.2) is 4.79 Å². The molecule has 1 aromatic heterocycles. The first kappa shape index (κ1) is 27.3. The zero-order chi connectivity index (χ0) is 26.2. The van der Waals surface area contributed by atoms with Crippen LogP contribution in [0.1, 0.15) is 84.3 Å². The second-order valence-electron chi connectivity index (χ2n) is 10.4. The molecule has 1 N–H and O–H groups in total. The fourth-order valence-corrected chi connectivity index (χ4v) is 5.97. The second kappa shape index (κ2) is 13.2. The van der Waals surface area contributed by atoms with Gasteiger partial charge in [0.15, 0.2) is 5.09 Å². The lowest BCUT2D eigenvalue weighted by atomic mass is 9.95. The van der Waals surface area contributed by atoms with Crippen LogP contribution in [0.15, 0.2) is 58.0 Å². The molecule has 3 aromatic rings. The van der Waals surface area contributed by atoms with Gasteiger partial charge in [0.2, 0.25) is 0 Å². The van der Waals surface area contributed by atoms with E-state index in [1.165, 1.54) is 54.5 Å². The summed E-state index contributed by atoms with van der Waals surface area (Å²) < 4.78 is 14.5. The summed E-state index contributed by atoms with van der Waals surface area (Å²) in [5.74, 6) is 0.484. The summed E-state index contributed by atoms with van der Waals surface area (Å²) in [7, 11) is 0. The van der Waals surface area contributed by atoms with Crippen LogP contribution in [0.3, 0.4) is 0 Å². The molecule has 6 heteroatoms. The zero-order valence-corrected chi connectivity index (χ0v) is 23.1. The topological polar surface area (TPSA) is 62.9 Å². The normalized spacial score (nSPS) is 14.1. The first-order chi connectivity index (χ1) is 17.9. The molecule has 0 amide bonds. The molecule has 5 nitrogen and oxygen atoms in total. The van der Waals surface area contributed by atoms with Crippen molar-refractivity contribution in [3.63, 3.8) is 0 Å². The number of benzene rings is 2. The standard InChI is InChI=1S/C31H39NO4S/c1-22(2)19-32(37-30-16-11-23(3)36-30)29-18-27-10-8-6-4-5-7-9-26(27)17-28(29)21-35-20-24-12-14-25(15-13-24)31(33)34/h11-18,22H,4-10,19-21H2,1-3H3,(H,33,34). The molecule has 1 aliphatic rings. The summed E-state index contributed by atoms with van der Waals surface area (Å²) in [6.07, 6.45) is 8.64. The van der Waals surface area contributed by atoms with Crippen molar-refractivity contribution >= 4 is 23.6 Å². The third kappa shape index (κ3) is 7.89. The Morgan fingerprint density at radius 2 is 1.65 bits per heavy atom. The Morgan fingerprint density at radius 3 is 2.27 bits per heavy atom. The van der Waals surface area contributed by atoms with Gasteiger partial charge in [-0.2, -0.15) is 0 Å². The minimum Gasteiger partial charge on any atom is -0.478 e. The van der Waals surface area contributed by atoms with Crippen molar-refractivity contribution in [2.45, 2.75) is 84.0 Å². The number of hydrogen-bond donors (Lipinski definition) is 1. The van der Waals surface area contributed by atoms with Crippen LogP contribution in [-0.2, 0) is 30.8 Å². The van der Waals surface area contributed by atoms with E-state index in [0.717, 1.165) is 35.8 Å². The third-order valence-corrected chi connectivity index (χ3v) is 7.70. The molecule has 0 bridgehead atoms. The Balaban J connectivity index is 1.62. The second-order valence-corrected chi connectivity index (χ2v) is 11.4. The summed E-state index contributed by atoms with van der Waals surface area (Å²) in [6, 6.07) is 15.8. The van der Waals surface area contributed by atoms with Crippen LogP contribution in [0.2, 0.25) is 0 Å². The number of fused-ring (bicyclic) bond motifs is 1. The van der Waals surface area contributed by atoms with E-state index in [1.807, 2.05) is 31.2 Å². The number of furan rings is 1. The molecule has 1 heterocycles. The van der Waals surface area contributed by atoms with E-state index in [-0.39, 0.29) is 5.56 Å². The molecule has 2 aromatic carbocycles. The van der Waals surface area contributed by atoms with E-state index in [0.29, 0.717) is 19.1 Å². The summed E-state index contributed by atoms with van der Waals surface area (Å²) in [6.45, 7) is 8.30. The van der Waals surface area contributed by atoms with Crippen LogP contribution >= 0.6 is 11.9 Å². The smallest absolute Gasteiger partial charge is 0.335 e. The zero-order valence-electron chi connectivity index (χ0n) is 22.3. The van der Waals surface area contributed by atoms with Crippen molar-refractivity contribution in [1.82, 2.24) is 0 Å². The Bertz CT molecular complexity index is 1170. The number of carboxylic acid groups (broad SMARTS) is 1. The van der Waals surface area contributed by atoms with Crippen LogP contribution in [0, 0.1) is 12.8 Å². The molecule has 0 unspecified atom stereocenters. The Morgan fingerprint density at radius 1 is 0.973 bits per heavy atom. The summed E-state index contributed by atoms with van der Waals surface area (Å²) in [5, 5.41) is 10.1. The lowest BCUT2D eigenvalue weighted by Crippen LogP contribution is -2.22. The van der Waals surface area contributed by atoms with E-state index in [1.54, 1.807) is 24.1 Å². The van der Waals surface area contributed by atoms with E-state index in [2.05, 4.69) is 30.3 Å². The van der Waals surface area contributed by atoms with Gasteiger partial charge in [0, 0.05) is 24.1 Å². The van der Waals surface area contributed by atoms with E-state index in [4.69, 9.17) is 14.3 Å². The Hall–Kier alpha value is -2.70. The summed E-state index contributed by atoms with van der Waals surface area (Å²) in [5.41, 5.74) is 6.57. The first-order valence-corrected chi connectivity index (χ1v) is 14.2. The van der Waals surface area contributed by atoms with Crippen molar-refractivity contribution in [3.8, 4) is 0 Å². The largest absolute Gasteiger partial charge is 0.478 e. The molecular weight excluding hydrogens is 482 g/mol. The lowest BCUT2D eigenvalue weighted by Gasteiger charge is -2.28. The third-order valence-electron chi connectivity index (χ3n) is 6.74. The predicted octanol–water partition coefficient (Wildman–Crippen LogP) is 8.22. The highest BCUT2D eigenvalue weighted by Gasteiger charge is 2.20. The SMILES string of the molecule is Cc1ccc(SN(CC(C)C)c2cc3c(cc2COCc2ccc(C(=O)O)cc2)CCCCCCC3)o1. The molecular formula is C31H39NO4S. The van der Waals surface area contributed by atoms with Crippen LogP contribution in [0.5, 0.6) is 0 Å². The predicted molar refractivity (Wildman–Crippen MR) is 150 cm³/mol. The van der Waals surface area contributed by atoms with Gasteiger partial charge >= 0.3 is 5.97 Å². The minimum atomic E-state index is -0.914. The molecule has 0 spiro atoms. The van der Waals surface area contributed by atoms with Gasteiger partial charge < -0.3 is 18.6 Å². The monoisotopic (exact) mass is 521 g/mol. The van der Waals surface area contributed by atoms with Crippen molar-refractivity contribution in [2.75, 3.05) is 10.8 Å². The maximum Gasteiger partial charge on any atom is 0.335 e. The van der Waals surface area contributed by atoms with E-state index < -0.39 is 5.97 Å². The molecule has 0 fully saturated rings. The number of carbonyl (C=O) groups is 1. The van der Waals surface area contributed by atoms with Gasteiger partial charge in [-0.3, -0.25) is 0 Å². The highest BCUT2D eigenvalue weighted by molar-refractivity contribution is 8.00. The highest BCUT2D eigenvalue weighted by atomic mass is 32.2. The number of aromatic carboxylic acids is 1. The van der Waals surface area contributed by atoms with Gasteiger partial charge in [0.05, 0.1) is 24.5 Å². The molecule has 0 atom stereocenters. The number of nitrogens with zero attached hydrogens (tertiary/aromatic N) is 1. The highest BCUT2D eigenvalue weighted by Crippen LogP contribution is 2.36. The fourth-order valence-electron chi connectivity index (χ4n) is 4.81. The molecule has 0 saturated carbocycles. The average Bonchev–Trinajstić information content (AvgIpc) is 3.32. The summed E-state index contributed by atoms with van der Waals surface area (Å²) >= 11 is 1.66. The number of carboxylic acids is 1. The summed E-state index contributed by atoms with van der Waals surface area (Å²) in [4.78, 5) is 11.2. The maximum atomic E-state index is 11.2. The van der Waals surface area contributed by atoms with Crippen molar-refractivity contribution in [2.24, 2.45) is 5.92 Å². The van der Waals surface area contributed by atoms with Crippen LogP contribution in [-0.4, -0.2) is 17.6 Å². The maximum absolute atomic E-state index is 11.2. The number of hydrogen-bond acceptors (Lipinski definition) is 5. The molecule has 0 radical (unpaired) electrons. The first-order valence-electron chi connectivity index (χ1n) is 13.5. The number of ether oxygens (including phenoxy) is 1. The van der Waals surface area contributed by atoms with Gasteiger partial charge in [0.1, 0.15) is 5.76 Å². The van der Waals surface area contributed by atoms with Crippen LogP contribution < -0.4 is 4.31 Å². The fraction of sp³-hybridized carbons (Fsp3) is 0.452. The van der Waals surface area contributed by atoms with E-state index in [9.17, 15) is 4.79 Å². The molecule has 198 valence electrons. The molecule has 0 aliphatic heterocycles. The number of anilines is 1. The average molecular weight is 522 g/mol. The molecule has 1 aliphatic carbocycles. The van der Waals surface area contributed by atoms with Crippen molar-refractivity contribution < 1.29 is 19.1 Å². The van der Waals surface area contributed by atoms with Gasteiger partial charge in [-0.15, -0.1) is 0 Å². The molecule has 37 heavy (non-hydrogen) atoms. The minimum absolute atomic E-state index is 0.290. The lowest BCUT2D eigenvalue weighted by molar-refractivity contribution is 0.0696. The van der Waals surface area contributed by atoms with Gasteiger partial charge in [0.25, 0.3) is 0 Å². The number of rotatable bonds is 10. The number of aryl methyl sites for hydroxylation is 3.